The van der Waals surface area contributed by atoms with E-state index in [-0.39, 0.29) is 5.91 Å². The number of amides is 1. The van der Waals surface area contributed by atoms with E-state index in [1.54, 1.807) is 0 Å². The van der Waals surface area contributed by atoms with Crippen molar-refractivity contribution in [2.24, 2.45) is 0 Å². The van der Waals surface area contributed by atoms with Gasteiger partial charge in [0.05, 0.1) is 18.7 Å². The maximum Gasteiger partial charge on any atom is 0.227 e. The van der Waals surface area contributed by atoms with E-state index in [1.807, 2.05) is 61.2 Å². The third kappa shape index (κ3) is 4.31. The first-order valence-electron chi connectivity index (χ1n) is 7.13. The molecule has 0 saturated heterocycles. The van der Waals surface area contributed by atoms with Crippen LogP contribution in [0.25, 0.3) is 0 Å². The summed E-state index contributed by atoms with van der Waals surface area (Å²) in [6.45, 7) is 5.14. The molecule has 0 bridgehead atoms. The van der Waals surface area contributed by atoms with Crippen LogP contribution in [0.3, 0.4) is 0 Å². The molecule has 4 heteroatoms. The Bertz CT molecular complexity index is 625. The number of nitrogens with zero attached hydrogens (tertiary/aromatic N) is 2. The van der Waals surface area contributed by atoms with E-state index in [0.717, 1.165) is 17.0 Å². The highest BCUT2D eigenvalue weighted by molar-refractivity contribution is 5.79. The molecule has 0 saturated carbocycles. The molecule has 4 nitrogen and oxygen atoms in total. The number of nitrogens with two attached hydrogens (primary N) is 1. The van der Waals surface area contributed by atoms with Gasteiger partial charge in [-0.3, -0.25) is 9.78 Å². The SMILES string of the molecule is CCN(Cc1cccc(C)n1)C(=O)Cc1cccc(N)c1. The summed E-state index contributed by atoms with van der Waals surface area (Å²) < 4.78 is 0. The molecule has 1 amide bonds. The van der Waals surface area contributed by atoms with E-state index >= 15 is 0 Å². The number of pyridine rings is 1. The van der Waals surface area contributed by atoms with Gasteiger partial charge in [-0.1, -0.05) is 18.2 Å². The number of rotatable bonds is 5. The lowest BCUT2D eigenvalue weighted by atomic mass is 10.1. The molecule has 2 aromatic rings. The lowest BCUT2D eigenvalue weighted by Crippen LogP contribution is -2.32. The summed E-state index contributed by atoms with van der Waals surface area (Å²) in [6, 6.07) is 13.3. The molecule has 0 spiro atoms. The first-order chi connectivity index (χ1) is 10.1. The third-order valence-corrected chi connectivity index (χ3v) is 3.34. The van der Waals surface area contributed by atoms with Gasteiger partial charge in [-0.2, -0.15) is 0 Å². The van der Waals surface area contributed by atoms with Gasteiger partial charge in [-0.15, -0.1) is 0 Å². The van der Waals surface area contributed by atoms with Crippen LogP contribution in [-0.2, 0) is 17.8 Å². The smallest absolute Gasteiger partial charge is 0.227 e. The second-order valence-electron chi connectivity index (χ2n) is 5.10. The molecule has 21 heavy (non-hydrogen) atoms. The molecule has 0 aliphatic carbocycles. The molecule has 1 aromatic carbocycles. The minimum Gasteiger partial charge on any atom is -0.399 e. The zero-order chi connectivity index (χ0) is 15.2. The van der Waals surface area contributed by atoms with E-state index < -0.39 is 0 Å². The van der Waals surface area contributed by atoms with Gasteiger partial charge < -0.3 is 10.6 Å². The summed E-state index contributed by atoms with van der Waals surface area (Å²) in [6.07, 6.45) is 0.366. The average molecular weight is 283 g/mol. The number of nitrogen functional groups attached to an aromatic ring is 1. The highest BCUT2D eigenvalue weighted by atomic mass is 16.2. The molecule has 2 rings (SSSR count). The number of benzene rings is 1. The zero-order valence-corrected chi connectivity index (χ0v) is 12.5. The Morgan fingerprint density at radius 2 is 2.00 bits per heavy atom. The zero-order valence-electron chi connectivity index (χ0n) is 12.5. The van der Waals surface area contributed by atoms with Crippen molar-refractivity contribution < 1.29 is 4.79 Å². The predicted molar refractivity (Wildman–Crippen MR) is 84.6 cm³/mol. The molecule has 0 fully saturated rings. The van der Waals surface area contributed by atoms with Gasteiger partial charge in [0.25, 0.3) is 0 Å². The van der Waals surface area contributed by atoms with Crippen LogP contribution in [0.5, 0.6) is 0 Å². The lowest BCUT2D eigenvalue weighted by molar-refractivity contribution is -0.130. The van der Waals surface area contributed by atoms with Crippen molar-refractivity contribution in [2.45, 2.75) is 26.8 Å². The lowest BCUT2D eigenvalue weighted by Gasteiger charge is -2.21. The van der Waals surface area contributed by atoms with E-state index in [2.05, 4.69) is 4.98 Å². The second kappa shape index (κ2) is 6.88. The maximum atomic E-state index is 12.4. The number of carbonyl (C=O) groups is 1. The van der Waals surface area contributed by atoms with Crippen LogP contribution in [0.2, 0.25) is 0 Å². The fourth-order valence-corrected chi connectivity index (χ4v) is 2.25. The van der Waals surface area contributed by atoms with Crippen molar-refractivity contribution in [2.75, 3.05) is 12.3 Å². The molecule has 1 heterocycles. The monoisotopic (exact) mass is 283 g/mol. The van der Waals surface area contributed by atoms with Crippen molar-refractivity contribution >= 4 is 11.6 Å². The van der Waals surface area contributed by atoms with Crippen molar-refractivity contribution in [3.8, 4) is 0 Å². The van der Waals surface area contributed by atoms with Crippen molar-refractivity contribution in [1.82, 2.24) is 9.88 Å². The molecule has 110 valence electrons. The van der Waals surface area contributed by atoms with E-state index in [0.29, 0.717) is 25.2 Å². The van der Waals surface area contributed by atoms with Gasteiger partial charge in [0.2, 0.25) is 5.91 Å². The molecular formula is C17H21N3O. The summed E-state index contributed by atoms with van der Waals surface area (Å²) in [5.41, 5.74) is 9.25. The highest BCUT2D eigenvalue weighted by Crippen LogP contribution is 2.10. The molecule has 0 unspecified atom stereocenters. The summed E-state index contributed by atoms with van der Waals surface area (Å²) in [5, 5.41) is 0. The molecule has 0 atom stereocenters. The first kappa shape index (κ1) is 15.0. The van der Waals surface area contributed by atoms with Crippen molar-refractivity contribution in [3.63, 3.8) is 0 Å². The number of anilines is 1. The van der Waals surface area contributed by atoms with Gasteiger partial charge in [0.15, 0.2) is 0 Å². The van der Waals surface area contributed by atoms with Crippen molar-refractivity contribution in [1.29, 1.82) is 0 Å². The molecule has 2 N–H and O–H groups in total. The van der Waals surface area contributed by atoms with Crippen LogP contribution in [0.4, 0.5) is 5.69 Å². The topological polar surface area (TPSA) is 59.2 Å². The molecular weight excluding hydrogens is 262 g/mol. The Labute approximate surface area is 125 Å². The van der Waals surface area contributed by atoms with E-state index in [9.17, 15) is 4.79 Å². The Hall–Kier alpha value is -2.36. The van der Waals surface area contributed by atoms with Crippen LogP contribution >= 0.6 is 0 Å². The quantitative estimate of drug-likeness (QED) is 0.858. The minimum absolute atomic E-state index is 0.0893. The third-order valence-electron chi connectivity index (χ3n) is 3.34. The Kier molecular flexibility index (Phi) is 4.93. The molecule has 1 aromatic heterocycles. The summed E-state index contributed by atoms with van der Waals surface area (Å²) in [5.74, 6) is 0.0893. The molecule has 0 radical (unpaired) electrons. The fraction of sp³-hybridized carbons (Fsp3) is 0.294. The van der Waals surface area contributed by atoms with Gasteiger partial charge in [-0.25, -0.2) is 0 Å². The first-order valence-corrected chi connectivity index (χ1v) is 7.13. The molecule has 0 aliphatic rings. The summed E-state index contributed by atoms with van der Waals surface area (Å²) in [4.78, 5) is 18.7. The predicted octanol–water partition coefficient (Wildman–Crippen LogP) is 2.56. The Balaban J connectivity index is 2.05. The van der Waals surface area contributed by atoms with Crippen LogP contribution in [0.15, 0.2) is 42.5 Å². The number of aromatic nitrogens is 1. The van der Waals surface area contributed by atoms with Crippen molar-refractivity contribution in [3.05, 3.63) is 59.4 Å². The van der Waals surface area contributed by atoms with E-state index in [1.165, 1.54) is 0 Å². The standard InChI is InChI=1S/C17H21N3O/c1-3-20(12-16-9-4-6-13(2)19-16)17(21)11-14-7-5-8-15(18)10-14/h4-10H,3,11-12,18H2,1-2H3. The largest absolute Gasteiger partial charge is 0.399 e. The van der Waals surface area contributed by atoms with Gasteiger partial charge in [0.1, 0.15) is 0 Å². The van der Waals surface area contributed by atoms with E-state index in [4.69, 9.17) is 5.73 Å². The maximum absolute atomic E-state index is 12.4. The summed E-state index contributed by atoms with van der Waals surface area (Å²) >= 11 is 0. The highest BCUT2D eigenvalue weighted by Gasteiger charge is 2.13. The second-order valence-corrected chi connectivity index (χ2v) is 5.10. The van der Waals surface area contributed by atoms with Crippen LogP contribution in [0, 0.1) is 6.92 Å². The van der Waals surface area contributed by atoms with Gasteiger partial charge >= 0.3 is 0 Å². The Morgan fingerprint density at radius 1 is 1.24 bits per heavy atom. The number of hydrogen-bond acceptors (Lipinski definition) is 3. The average Bonchev–Trinajstić information content (AvgIpc) is 2.44. The Morgan fingerprint density at radius 3 is 2.67 bits per heavy atom. The minimum atomic E-state index is 0.0893. The van der Waals surface area contributed by atoms with Crippen LogP contribution in [-0.4, -0.2) is 22.3 Å². The van der Waals surface area contributed by atoms with Crippen LogP contribution < -0.4 is 5.73 Å². The van der Waals surface area contributed by atoms with Gasteiger partial charge in [0, 0.05) is 17.9 Å². The molecule has 0 aliphatic heterocycles. The fourth-order valence-electron chi connectivity index (χ4n) is 2.25. The normalized spacial score (nSPS) is 10.4. The number of likely N-dealkylation sites (N-methyl/N-ethyl adjacent to an activating group) is 1. The summed E-state index contributed by atoms with van der Waals surface area (Å²) in [7, 11) is 0. The number of aryl methyl sites for hydroxylation is 1. The van der Waals surface area contributed by atoms with Gasteiger partial charge in [-0.05, 0) is 43.7 Å². The number of carbonyl (C=O) groups excluding carboxylic acids is 1. The number of hydrogen-bond donors (Lipinski definition) is 1. The van der Waals surface area contributed by atoms with Crippen LogP contribution in [0.1, 0.15) is 23.9 Å².